The van der Waals surface area contributed by atoms with Crippen LogP contribution in [0.2, 0.25) is 0 Å². The number of fused-ring (bicyclic) bond motifs is 4. The first-order valence-electron chi connectivity index (χ1n) is 12.0. The Hall–Kier alpha value is -3.48. The molecule has 0 aliphatic carbocycles. The van der Waals surface area contributed by atoms with Crippen molar-refractivity contribution in [3.63, 3.8) is 0 Å². The summed E-state index contributed by atoms with van der Waals surface area (Å²) >= 11 is 0. The van der Waals surface area contributed by atoms with Gasteiger partial charge in [-0.05, 0) is 49.6 Å². The van der Waals surface area contributed by atoms with Crippen LogP contribution in [0.5, 0.6) is 11.5 Å². The molecule has 3 aromatic rings. The Kier molecular flexibility index (Phi) is 5.71. The highest BCUT2D eigenvalue weighted by atomic mass is 16.5. The number of rotatable bonds is 6. The van der Waals surface area contributed by atoms with Crippen molar-refractivity contribution >= 4 is 22.7 Å². The molecule has 0 saturated carbocycles. The first kappa shape index (κ1) is 22.3. The number of carbonyl (C=O) groups is 2. The summed E-state index contributed by atoms with van der Waals surface area (Å²) < 4.78 is 11.6. The summed E-state index contributed by atoms with van der Waals surface area (Å²) in [5.41, 5.74) is 3.95. The van der Waals surface area contributed by atoms with Gasteiger partial charge in [-0.25, -0.2) is 0 Å². The lowest BCUT2D eigenvalue weighted by Gasteiger charge is -2.47. The predicted octanol–water partition coefficient (Wildman–Crippen LogP) is 4.06. The maximum atomic E-state index is 13.5. The number of amides is 2. The molecule has 0 radical (unpaired) electrons. The summed E-state index contributed by atoms with van der Waals surface area (Å²) in [7, 11) is 1.61. The van der Waals surface area contributed by atoms with E-state index in [2.05, 4.69) is 11.1 Å². The number of methoxy groups -OCH3 is 1. The molecule has 2 aromatic carbocycles. The molecule has 2 amide bonds. The number of piperazine rings is 1. The van der Waals surface area contributed by atoms with E-state index in [-0.39, 0.29) is 24.5 Å². The van der Waals surface area contributed by atoms with Gasteiger partial charge in [-0.15, -0.1) is 0 Å². The molecule has 178 valence electrons. The van der Waals surface area contributed by atoms with Crippen LogP contribution < -0.4 is 9.47 Å². The van der Waals surface area contributed by atoms with E-state index < -0.39 is 12.1 Å². The van der Waals surface area contributed by atoms with Crippen LogP contribution in [0.1, 0.15) is 50.1 Å². The minimum absolute atomic E-state index is 0.00459. The summed E-state index contributed by atoms with van der Waals surface area (Å²) in [4.78, 5) is 34.1. The second-order valence-electron chi connectivity index (χ2n) is 9.32. The van der Waals surface area contributed by atoms with Crippen molar-refractivity contribution in [1.29, 1.82) is 0 Å². The van der Waals surface area contributed by atoms with Crippen molar-refractivity contribution < 1.29 is 19.1 Å². The molecule has 1 saturated heterocycles. The summed E-state index contributed by atoms with van der Waals surface area (Å²) in [6.07, 6.45) is 1.33. The van der Waals surface area contributed by atoms with Crippen molar-refractivity contribution in [3.8, 4) is 11.5 Å². The number of ether oxygens (including phenoxy) is 2. The SMILES string of the molecule is CCCN1CC(=O)N2C(Cc3c([nH]c4ccccc34)C2c2ccc(OC(C)C)c(OC)c2)C1=O. The Morgan fingerprint density at radius 3 is 2.65 bits per heavy atom. The smallest absolute Gasteiger partial charge is 0.246 e. The standard InChI is InChI=1S/C27H31N3O4/c1-5-12-29-15-24(31)30-21(27(29)32)14-19-18-8-6-7-9-20(18)28-25(19)26(30)17-10-11-22(34-16(2)3)23(13-17)33-4/h6-11,13,16,21,26,28H,5,12,14-15H2,1-4H3. The normalized spacial score (nSPS) is 20.0. The van der Waals surface area contributed by atoms with Crippen LogP contribution in [0.15, 0.2) is 42.5 Å². The van der Waals surface area contributed by atoms with Crippen LogP contribution >= 0.6 is 0 Å². The van der Waals surface area contributed by atoms with Crippen LogP contribution in [-0.2, 0) is 16.0 Å². The lowest BCUT2D eigenvalue weighted by atomic mass is 9.86. The van der Waals surface area contributed by atoms with Gasteiger partial charge in [0.1, 0.15) is 6.04 Å². The molecule has 2 aliphatic heterocycles. The van der Waals surface area contributed by atoms with Crippen molar-refractivity contribution in [2.45, 2.75) is 51.8 Å². The third-order valence-electron chi connectivity index (χ3n) is 6.70. The monoisotopic (exact) mass is 461 g/mol. The number of nitrogens with zero attached hydrogens (tertiary/aromatic N) is 2. The van der Waals surface area contributed by atoms with E-state index in [4.69, 9.17) is 9.47 Å². The third-order valence-corrected chi connectivity index (χ3v) is 6.70. The molecule has 1 fully saturated rings. The average Bonchev–Trinajstić information content (AvgIpc) is 3.19. The van der Waals surface area contributed by atoms with E-state index in [1.807, 2.05) is 57.2 Å². The van der Waals surface area contributed by atoms with E-state index in [1.165, 1.54) is 0 Å². The fourth-order valence-corrected chi connectivity index (χ4v) is 5.33. The largest absolute Gasteiger partial charge is 0.493 e. The van der Waals surface area contributed by atoms with Crippen LogP contribution in [-0.4, -0.2) is 58.9 Å². The lowest BCUT2D eigenvalue weighted by Crippen LogP contribution is -2.63. The number of aromatic nitrogens is 1. The van der Waals surface area contributed by atoms with Crippen LogP contribution in [0.4, 0.5) is 0 Å². The minimum atomic E-state index is -0.526. The molecule has 1 aromatic heterocycles. The summed E-state index contributed by atoms with van der Waals surface area (Å²) in [5, 5.41) is 1.10. The second kappa shape index (κ2) is 8.70. The topological polar surface area (TPSA) is 74.9 Å². The Balaban J connectivity index is 1.67. The van der Waals surface area contributed by atoms with Gasteiger partial charge in [-0.3, -0.25) is 9.59 Å². The van der Waals surface area contributed by atoms with Gasteiger partial charge in [-0.1, -0.05) is 31.2 Å². The summed E-state index contributed by atoms with van der Waals surface area (Å²) in [5.74, 6) is 1.25. The molecule has 7 nitrogen and oxygen atoms in total. The number of hydrogen-bond donors (Lipinski definition) is 1. The van der Waals surface area contributed by atoms with Crippen LogP contribution in [0.25, 0.3) is 10.9 Å². The van der Waals surface area contributed by atoms with Crippen LogP contribution in [0, 0.1) is 0 Å². The molecule has 1 N–H and O–H groups in total. The Bertz CT molecular complexity index is 1250. The van der Waals surface area contributed by atoms with Gasteiger partial charge < -0.3 is 24.3 Å². The number of carbonyl (C=O) groups excluding carboxylic acids is 2. The van der Waals surface area contributed by atoms with Gasteiger partial charge >= 0.3 is 0 Å². The third kappa shape index (κ3) is 3.59. The van der Waals surface area contributed by atoms with E-state index in [1.54, 1.807) is 16.9 Å². The first-order valence-corrected chi connectivity index (χ1v) is 12.0. The van der Waals surface area contributed by atoms with E-state index in [9.17, 15) is 9.59 Å². The molecular formula is C27H31N3O4. The lowest BCUT2D eigenvalue weighted by molar-refractivity contribution is -0.158. The van der Waals surface area contributed by atoms with E-state index in [0.717, 1.165) is 34.1 Å². The van der Waals surface area contributed by atoms with Crippen LogP contribution in [0.3, 0.4) is 0 Å². The second-order valence-corrected chi connectivity index (χ2v) is 9.32. The Labute approximate surface area is 199 Å². The molecular weight excluding hydrogens is 430 g/mol. The number of hydrogen-bond acceptors (Lipinski definition) is 4. The number of H-pyrrole nitrogens is 1. The first-order chi connectivity index (χ1) is 16.4. The van der Waals surface area contributed by atoms with Crippen molar-refractivity contribution in [1.82, 2.24) is 14.8 Å². The van der Waals surface area contributed by atoms with Crippen molar-refractivity contribution in [2.75, 3.05) is 20.2 Å². The fraction of sp³-hybridized carbons (Fsp3) is 0.407. The maximum Gasteiger partial charge on any atom is 0.246 e. The van der Waals surface area contributed by atoms with E-state index >= 15 is 0 Å². The molecule has 2 atom stereocenters. The molecule has 0 spiro atoms. The highest BCUT2D eigenvalue weighted by Crippen LogP contribution is 2.44. The zero-order valence-electron chi connectivity index (χ0n) is 20.1. The summed E-state index contributed by atoms with van der Waals surface area (Å²) in [6, 6.07) is 13.0. The number of aromatic amines is 1. The number of nitrogens with one attached hydrogen (secondary N) is 1. The number of benzene rings is 2. The summed E-state index contributed by atoms with van der Waals surface area (Å²) in [6.45, 7) is 6.67. The maximum absolute atomic E-state index is 13.5. The predicted molar refractivity (Wildman–Crippen MR) is 130 cm³/mol. The molecule has 2 unspecified atom stereocenters. The molecule has 5 rings (SSSR count). The number of para-hydroxylation sites is 1. The fourth-order valence-electron chi connectivity index (χ4n) is 5.33. The molecule has 2 aliphatic rings. The van der Waals surface area contributed by atoms with Gasteiger partial charge in [0.15, 0.2) is 11.5 Å². The molecule has 3 heterocycles. The highest BCUT2D eigenvalue weighted by Gasteiger charge is 2.48. The zero-order chi connectivity index (χ0) is 24.0. The quantitative estimate of drug-likeness (QED) is 0.601. The molecule has 34 heavy (non-hydrogen) atoms. The van der Waals surface area contributed by atoms with Gasteiger partial charge in [0.05, 0.1) is 25.8 Å². The highest BCUT2D eigenvalue weighted by molar-refractivity contribution is 5.97. The average molecular weight is 462 g/mol. The van der Waals surface area contributed by atoms with Crippen molar-refractivity contribution in [3.05, 3.63) is 59.3 Å². The van der Waals surface area contributed by atoms with E-state index in [0.29, 0.717) is 24.5 Å². The minimum Gasteiger partial charge on any atom is -0.493 e. The van der Waals surface area contributed by atoms with Gasteiger partial charge in [-0.2, -0.15) is 0 Å². The molecule has 0 bridgehead atoms. The zero-order valence-corrected chi connectivity index (χ0v) is 20.1. The van der Waals surface area contributed by atoms with Gasteiger partial charge in [0.25, 0.3) is 0 Å². The van der Waals surface area contributed by atoms with Gasteiger partial charge in [0.2, 0.25) is 11.8 Å². The molecule has 7 heteroatoms. The Morgan fingerprint density at radius 2 is 1.91 bits per heavy atom. The van der Waals surface area contributed by atoms with Crippen molar-refractivity contribution in [2.24, 2.45) is 0 Å². The van der Waals surface area contributed by atoms with Gasteiger partial charge in [0, 0.05) is 29.6 Å². The Morgan fingerprint density at radius 1 is 1.12 bits per heavy atom.